The largest absolute Gasteiger partial charge is 0.497 e. The molecule has 9 heteroatoms. The van der Waals surface area contributed by atoms with Crippen molar-refractivity contribution in [3.63, 3.8) is 0 Å². The van der Waals surface area contributed by atoms with Gasteiger partial charge in [-0.25, -0.2) is 13.1 Å². The van der Waals surface area contributed by atoms with Crippen LogP contribution in [0.2, 0.25) is 0 Å². The molecule has 2 aromatic heterocycles. The number of aryl methyl sites for hydroxylation is 2. The van der Waals surface area contributed by atoms with E-state index in [-0.39, 0.29) is 17.3 Å². The van der Waals surface area contributed by atoms with Gasteiger partial charge in [-0.3, -0.25) is 0 Å². The van der Waals surface area contributed by atoms with E-state index in [2.05, 4.69) is 14.9 Å². The van der Waals surface area contributed by atoms with Crippen LogP contribution < -0.4 is 9.46 Å². The van der Waals surface area contributed by atoms with Gasteiger partial charge in [0.2, 0.25) is 15.9 Å². The molecule has 0 aliphatic carbocycles. The lowest BCUT2D eigenvalue weighted by molar-refractivity contribution is 0.413. The first-order chi connectivity index (χ1) is 11.9. The lowest BCUT2D eigenvalue weighted by Gasteiger charge is -2.13. The molecule has 132 valence electrons. The number of hydrogen-bond acceptors (Lipinski definition) is 7. The van der Waals surface area contributed by atoms with Crippen LogP contribution in [-0.4, -0.2) is 25.7 Å². The highest BCUT2D eigenvalue weighted by Gasteiger charge is 2.21. The normalized spacial score (nSPS) is 11.6. The van der Waals surface area contributed by atoms with Crippen LogP contribution in [0.3, 0.4) is 0 Å². The zero-order chi connectivity index (χ0) is 18.0. The second kappa shape index (κ2) is 6.95. The van der Waals surface area contributed by atoms with Gasteiger partial charge in [0.15, 0.2) is 0 Å². The Kier molecular flexibility index (Phi) is 4.89. The number of benzene rings is 1. The number of methoxy groups -OCH3 is 1. The summed E-state index contributed by atoms with van der Waals surface area (Å²) in [5.74, 6) is 1.20. The van der Waals surface area contributed by atoms with Gasteiger partial charge in [0, 0.05) is 0 Å². The maximum atomic E-state index is 12.6. The van der Waals surface area contributed by atoms with Crippen molar-refractivity contribution in [3.05, 3.63) is 46.7 Å². The summed E-state index contributed by atoms with van der Waals surface area (Å²) < 4.78 is 38.5. The van der Waals surface area contributed by atoms with E-state index in [9.17, 15) is 8.42 Å². The Bertz CT molecular complexity index is 956. The summed E-state index contributed by atoms with van der Waals surface area (Å²) in [5.41, 5.74) is 1.21. The van der Waals surface area contributed by atoms with E-state index in [4.69, 9.17) is 9.15 Å². The van der Waals surface area contributed by atoms with E-state index in [0.29, 0.717) is 22.8 Å². The monoisotopic (exact) mass is 379 g/mol. The van der Waals surface area contributed by atoms with Crippen molar-refractivity contribution < 1.29 is 17.6 Å². The summed E-state index contributed by atoms with van der Waals surface area (Å²) >= 11 is 1.47. The molecule has 2 heterocycles. The van der Waals surface area contributed by atoms with E-state index in [1.54, 1.807) is 33.1 Å². The summed E-state index contributed by atoms with van der Waals surface area (Å²) in [7, 11) is -2.18. The second-order valence-electron chi connectivity index (χ2n) is 5.39. The summed E-state index contributed by atoms with van der Waals surface area (Å²) in [4.78, 5) is 1.06. The predicted octanol–water partition coefficient (Wildman–Crippen LogP) is 2.90. The Hall–Kier alpha value is -2.23. The molecule has 25 heavy (non-hydrogen) atoms. The Balaban J connectivity index is 1.79. The first-order valence-corrected chi connectivity index (χ1v) is 9.78. The van der Waals surface area contributed by atoms with Crippen LogP contribution in [0.4, 0.5) is 0 Å². The van der Waals surface area contributed by atoms with E-state index >= 15 is 0 Å². The third-order valence-corrected chi connectivity index (χ3v) is 6.11. The van der Waals surface area contributed by atoms with Crippen molar-refractivity contribution >= 4 is 21.4 Å². The Morgan fingerprint density at radius 3 is 2.56 bits per heavy atom. The SMILES string of the molecule is COc1cc(C)c(S(=O)(=O)NCc2nnc(-c3cccs3)o2)c(C)c1. The zero-order valence-corrected chi connectivity index (χ0v) is 15.6. The number of hydrogen-bond donors (Lipinski definition) is 1. The molecule has 7 nitrogen and oxygen atoms in total. The molecule has 0 radical (unpaired) electrons. The maximum absolute atomic E-state index is 12.6. The maximum Gasteiger partial charge on any atom is 0.257 e. The van der Waals surface area contributed by atoms with Gasteiger partial charge in [-0.05, 0) is 48.6 Å². The quantitative estimate of drug-likeness (QED) is 0.708. The summed E-state index contributed by atoms with van der Waals surface area (Å²) in [6.45, 7) is 3.38. The predicted molar refractivity (Wildman–Crippen MR) is 94.1 cm³/mol. The number of thiophene rings is 1. The van der Waals surface area contributed by atoms with E-state index in [1.165, 1.54) is 11.3 Å². The summed E-state index contributed by atoms with van der Waals surface area (Å²) in [6.07, 6.45) is 0. The van der Waals surface area contributed by atoms with Crippen LogP contribution in [0.15, 0.2) is 39.0 Å². The highest BCUT2D eigenvalue weighted by Crippen LogP contribution is 2.26. The Labute approximate surface area is 149 Å². The fraction of sp³-hybridized carbons (Fsp3) is 0.250. The Morgan fingerprint density at radius 1 is 1.24 bits per heavy atom. The van der Waals surface area contributed by atoms with Gasteiger partial charge in [-0.15, -0.1) is 21.5 Å². The Morgan fingerprint density at radius 2 is 1.96 bits per heavy atom. The van der Waals surface area contributed by atoms with Crippen molar-refractivity contribution in [2.45, 2.75) is 25.3 Å². The van der Waals surface area contributed by atoms with Crippen LogP contribution >= 0.6 is 11.3 Å². The minimum Gasteiger partial charge on any atom is -0.497 e. The molecule has 0 bridgehead atoms. The molecule has 1 aromatic carbocycles. The lowest BCUT2D eigenvalue weighted by Crippen LogP contribution is -2.25. The third kappa shape index (κ3) is 3.73. The fourth-order valence-electron chi connectivity index (χ4n) is 2.51. The molecule has 0 atom stereocenters. The van der Waals surface area contributed by atoms with Crippen molar-refractivity contribution in [1.29, 1.82) is 0 Å². The molecule has 0 spiro atoms. The number of rotatable bonds is 6. The molecule has 0 aliphatic rings. The topological polar surface area (TPSA) is 94.3 Å². The molecular formula is C16H17N3O4S2. The van der Waals surface area contributed by atoms with Gasteiger partial charge in [0.1, 0.15) is 5.75 Å². The van der Waals surface area contributed by atoms with Gasteiger partial charge in [0.25, 0.3) is 5.89 Å². The van der Waals surface area contributed by atoms with Crippen LogP contribution in [0.1, 0.15) is 17.0 Å². The molecule has 0 unspecified atom stereocenters. The second-order valence-corrected chi connectivity index (χ2v) is 8.04. The summed E-state index contributed by atoms with van der Waals surface area (Å²) in [6, 6.07) is 7.10. The molecule has 3 aromatic rings. The van der Waals surface area contributed by atoms with Gasteiger partial charge in [-0.2, -0.15) is 0 Å². The first-order valence-electron chi connectivity index (χ1n) is 7.42. The average molecular weight is 379 g/mol. The fourth-order valence-corrected chi connectivity index (χ4v) is 4.57. The highest BCUT2D eigenvalue weighted by molar-refractivity contribution is 7.89. The lowest BCUT2D eigenvalue weighted by atomic mass is 10.1. The molecular weight excluding hydrogens is 362 g/mol. The third-order valence-electron chi connectivity index (χ3n) is 3.55. The van der Waals surface area contributed by atoms with Gasteiger partial charge >= 0.3 is 0 Å². The zero-order valence-electron chi connectivity index (χ0n) is 13.9. The van der Waals surface area contributed by atoms with Crippen molar-refractivity contribution in [1.82, 2.24) is 14.9 Å². The molecule has 3 rings (SSSR count). The molecule has 0 saturated heterocycles. The van der Waals surface area contributed by atoms with Crippen LogP contribution in [0.25, 0.3) is 10.8 Å². The molecule has 1 N–H and O–H groups in total. The molecule has 0 saturated carbocycles. The number of aromatic nitrogens is 2. The van der Waals surface area contributed by atoms with Gasteiger partial charge < -0.3 is 9.15 Å². The van der Waals surface area contributed by atoms with Gasteiger partial charge in [-0.1, -0.05) is 6.07 Å². The van der Waals surface area contributed by atoms with Gasteiger partial charge in [0.05, 0.1) is 23.4 Å². The average Bonchev–Trinajstić information content (AvgIpc) is 3.23. The molecule has 0 amide bonds. The smallest absolute Gasteiger partial charge is 0.257 e. The number of nitrogens with zero attached hydrogens (tertiary/aromatic N) is 2. The minimum atomic E-state index is -3.72. The molecule has 0 fully saturated rings. The van der Waals surface area contributed by atoms with Crippen molar-refractivity contribution in [2.75, 3.05) is 7.11 Å². The highest BCUT2D eigenvalue weighted by atomic mass is 32.2. The minimum absolute atomic E-state index is 0.0778. The van der Waals surface area contributed by atoms with Crippen LogP contribution in [0.5, 0.6) is 5.75 Å². The first kappa shape index (κ1) is 17.6. The van der Waals surface area contributed by atoms with Crippen molar-refractivity contribution in [3.8, 4) is 16.5 Å². The number of ether oxygens (including phenoxy) is 1. The van der Waals surface area contributed by atoms with E-state index in [0.717, 1.165) is 4.88 Å². The van der Waals surface area contributed by atoms with Crippen LogP contribution in [0, 0.1) is 13.8 Å². The van der Waals surface area contributed by atoms with Crippen molar-refractivity contribution in [2.24, 2.45) is 0 Å². The molecule has 0 aliphatic heterocycles. The van der Waals surface area contributed by atoms with E-state index < -0.39 is 10.0 Å². The number of sulfonamides is 1. The van der Waals surface area contributed by atoms with Crippen LogP contribution in [-0.2, 0) is 16.6 Å². The number of nitrogens with one attached hydrogen (secondary N) is 1. The summed E-state index contributed by atoms with van der Waals surface area (Å²) in [5, 5.41) is 9.72. The van der Waals surface area contributed by atoms with E-state index in [1.807, 2.05) is 17.5 Å². The standard InChI is InChI=1S/C16H17N3O4S2/c1-10-7-12(22-3)8-11(2)15(10)25(20,21)17-9-14-18-19-16(23-14)13-5-4-6-24-13/h4-8,17H,9H2,1-3H3.